The van der Waals surface area contributed by atoms with Gasteiger partial charge in [0.2, 0.25) is 29.9 Å². The van der Waals surface area contributed by atoms with Crippen molar-refractivity contribution >= 4 is 35.8 Å². The molecule has 8 N–H and O–H groups in total. The number of ketones is 1. The second-order valence-corrected chi connectivity index (χ2v) is 13.1. The number of methoxy groups -OCH3 is 1. The maximum Gasteiger partial charge on any atom is 0.289 e. The summed E-state index contributed by atoms with van der Waals surface area (Å²) in [5.41, 5.74) is 11.0. The molecule has 16 nitrogen and oxygen atoms in total. The predicted molar refractivity (Wildman–Crippen MR) is 196 cm³/mol. The largest absolute Gasteiger partial charge is 0.496 e. The van der Waals surface area contributed by atoms with Gasteiger partial charge >= 0.3 is 0 Å². The summed E-state index contributed by atoms with van der Waals surface area (Å²) in [5.74, 6) is 5.10. The summed E-state index contributed by atoms with van der Waals surface area (Å²) >= 11 is 0. The van der Waals surface area contributed by atoms with Crippen molar-refractivity contribution in [2.24, 2.45) is 11.6 Å². The van der Waals surface area contributed by atoms with Crippen molar-refractivity contribution in [3.63, 3.8) is 0 Å². The number of likely N-dealkylation sites (tertiary alicyclic amines) is 1. The van der Waals surface area contributed by atoms with E-state index in [0.717, 1.165) is 40.7 Å². The van der Waals surface area contributed by atoms with Gasteiger partial charge in [0.1, 0.15) is 11.8 Å². The Labute approximate surface area is 309 Å². The molecule has 2 atom stereocenters. The minimum Gasteiger partial charge on any atom is -0.496 e. The van der Waals surface area contributed by atoms with E-state index in [-0.39, 0.29) is 37.4 Å². The molecular weight excluding hydrogens is 684 g/mol. The van der Waals surface area contributed by atoms with E-state index in [1.165, 1.54) is 16.1 Å². The quantitative estimate of drug-likeness (QED) is 0.0748. The van der Waals surface area contributed by atoms with Gasteiger partial charge in [0.15, 0.2) is 0 Å². The molecule has 0 saturated carbocycles. The van der Waals surface area contributed by atoms with Gasteiger partial charge in [-0.3, -0.25) is 28.8 Å². The third-order valence-electron chi connectivity index (χ3n) is 8.97. The normalized spacial score (nSPS) is 17.3. The first-order valence-electron chi connectivity index (χ1n) is 17.4. The molecule has 2 fully saturated rings. The average molecular weight is 737 g/mol. The molecule has 5 amide bonds. The molecule has 16 heteroatoms. The van der Waals surface area contributed by atoms with Crippen molar-refractivity contribution in [2.45, 2.75) is 84.7 Å². The highest BCUT2D eigenvalue weighted by Crippen LogP contribution is 2.27. The van der Waals surface area contributed by atoms with Gasteiger partial charge in [-0.2, -0.15) is 0 Å². The first-order valence-corrected chi connectivity index (χ1v) is 17.4. The SMILES string of the molecule is CC(=O)N1Cc2cccc(CN(N)/C=C(\N)CO)c2C1.CC1CCC(=O)N1.COc1cc(CNC(=O)C(=O)C2CCCN2C(=O)CNC=O)ccc1C. The Kier molecular flexibility index (Phi) is 16.2. The van der Waals surface area contributed by atoms with E-state index >= 15 is 0 Å². The van der Waals surface area contributed by atoms with E-state index in [4.69, 9.17) is 21.4 Å². The molecule has 3 heterocycles. The fourth-order valence-corrected chi connectivity index (χ4v) is 6.09. The zero-order valence-electron chi connectivity index (χ0n) is 30.9. The number of carbonyl (C=O) groups excluding carboxylic acids is 6. The van der Waals surface area contributed by atoms with Crippen molar-refractivity contribution in [3.8, 4) is 5.75 Å². The summed E-state index contributed by atoms with van der Waals surface area (Å²) < 4.78 is 5.24. The van der Waals surface area contributed by atoms with Crippen LogP contribution in [0.3, 0.4) is 0 Å². The van der Waals surface area contributed by atoms with E-state index < -0.39 is 17.7 Å². The van der Waals surface area contributed by atoms with E-state index in [0.29, 0.717) is 62.9 Å². The van der Waals surface area contributed by atoms with Crippen LogP contribution in [-0.4, -0.2) is 94.6 Å². The number of amides is 5. The lowest BCUT2D eigenvalue weighted by Crippen LogP contribution is -2.48. The minimum atomic E-state index is -0.775. The fourth-order valence-electron chi connectivity index (χ4n) is 6.09. The minimum absolute atomic E-state index is 0.0705. The van der Waals surface area contributed by atoms with Gasteiger partial charge in [-0.1, -0.05) is 30.3 Å². The van der Waals surface area contributed by atoms with Crippen LogP contribution < -0.4 is 32.3 Å². The molecule has 0 aromatic heterocycles. The van der Waals surface area contributed by atoms with Gasteiger partial charge in [0, 0.05) is 51.8 Å². The topological polar surface area (TPSA) is 230 Å². The molecule has 0 bridgehead atoms. The Morgan fingerprint density at radius 1 is 1.15 bits per heavy atom. The third-order valence-corrected chi connectivity index (χ3v) is 8.97. The van der Waals surface area contributed by atoms with E-state index in [9.17, 15) is 28.8 Å². The van der Waals surface area contributed by atoms with Crippen LogP contribution in [0.4, 0.5) is 0 Å². The smallest absolute Gasteiger partial charge is 0.289 e. The van der Waals surface area contributed by atoms with E-state index in [1.54, 1.807) is 25.0 Å². The third kappa shape index (κ3) is 12.6. The van der Waals surface area contributed by atoms with Crippen LogP contribution in [0.25, 0.3) is 0 Å². The molecule has 0 aliphatic carbocycles. The van der Waals surface area contributed by atoms with E-state index in [1.807, 2.05) is 44.2 Å². The molecule has 0 radical (unpaired) electrons. The monoisotopic (exact) mass is 736 g/mol. The van der Waals surface area contributed by atoms with Crippen LogP contribution in [0.2, 0.25) is 0 Å². The Balaban J connectivity index is 0.000000246. The molecule has 2 aromatic rings. The number of aliphatic hydroxyl groups excluding tert-OH is 1. The zero-order chi connectivity index (χ0) is 39.1. The molecule has 2 saturated heterocycles. The highest BCUT2D eigenvalue weighted by atomic mass is 16.5. The maximum absolute atomic E-state index is 12.4. The molecule has 0 spiro atoms. The van der Waals surface area contributed by atoms with Crippen molar-refractivity contribution in [1.82, 2.24) is 30.8 Å². The van der Waals surface area contributed by atoms with Crippen LogP contribution in [-0.2, 0) is 54.9 Å². The molecule has 288 valence electrons. The van der Waals surface area contributed by atoms with Crippen LogP contribution in [0.15, 0.2) is 48.3 Å². The zero-order valence-corrected chi connectivity index (χ0v) is 30.9. The number of ether oxygens (including phenoxy) is 1. The molecule has 3 aliphatic rings. The number of Topliss-reactive ketones (excluding diaryl/α,β-unsaturated/α-hetero) is 1. The van der Waals surface area contributed by atoms with Crippen LogP contribution in [0, 0.1) is 6.92 Å². The lowest BCUT2D eigenvalue weighted by Gasteiger charge is -2.23. The molecule has 53 heavy (non-hydrogen) atoms. The Bertz CT molecular complexity index is 1670. The number of benzene rings is 2. The number of aliphatic hydroxyl groups is 1. The number of rotatable bonds is 12. The molecule has 5 rings (SSSR count). The first-order chi connectivity index (χ1) is 25.3. The Morgan fingerprint density at radius 2 is 1.91 bits per heavy atom. The van der Waals surface area contributed by atoms with Gasteiger partial charge in [-0.15, -0.1) is 0 Å². The summed E-state index contributed by atoms with van der Waals surface area (Å²) in [5, 5.41) is 18.0. The number of nitrogens with one attached hydrogen (secondary N) is 3. The first kappa shape index (κ1) is 41.9. The van der Waals surface area contributed by atoms with Gasteiger partial charge in [0.05, 0.1) is 32.5 Å². The summed E-state index contributed by atoms with van der Waals surface area (Å²) in [7, 11) is 1.57. The molecule has 3 aliphatic heterocycles. The van der Waals surface area contributed by atoms with E-state index in [2.05, 4.69) is 16.0 Å². The van der Waals surface area contributed by atoms with Crippen molar-refractivity contribution < 1.29 is 38.6 Å². The summed E-state index contributed by atoms with van der Waals surface area (Å²) in [6.45, 7) is 7.44. The highest BCUT2D eigenvalue weighted by molar-refractivity contribution is 6.38. The van der Waals surface area contributed by atoms with Crippen molar-refractivity contribution in [2.75, 3.05) is 26.8 Å². The Morgan fingerprint density at radius 3 is 2.51 bits per heavy atom. The summed E-state index contributed by atoms with van der Waals surface area (Å²) in [4.78, 5) is 71.9. The fraction of sp³-hybridized carbons (Fsp3) is 0.459. The lowest BCUT2D eigenvalue weighted by molar-refractivity contribution is -0.144. The number of aryl methyl sites for hydroxylation is 1. The second-order valence-electron chi connectivity index (χ2n) is 13.1. The number of carbonyl (C=O) groups is 6. The van der Waals surface area contributed by atoms with Gasteiger partial charge < -0.3 is 46.3 Å². The number of hydrazine groups is 1. The standard InChI is InChI=1S/C18H23N3O5.C14H20N4O2.C5H9NO/c1-12-5-6-13(8-15(12)26-2)9-20-18(25)17(24)14-4-3-7-21(14)16(23)10-19-11-22;1-10(20)17-5-11-3-2-4-12(14(11)8-17)6-18(16)7-13(15)9-19;1-4-2-3-5(7)6-4/h5-6,8,11,14H,3-4,7,9-10H2,1-2H3,(H,19,22)(H,20,25);2-4,7,19H,5-6,8-9,15-16H2,1H3;4H,2-3H2,1H3,(H,6,7)/b;13-7-;. The van der Waals surface area contributed by atoms with Crippen molar-refractivity contribution in [3.05, 3.63) is 76.1 Å². The van der Waals surface area contributed by atoms with Crippen LogP contribution in [0.5, 0.6) is 5.75 Å². The second kappa shape index (κ2) is 20.5. The van der Waals surface area contributed by atoms with Crippen LogP contribution in [0.1, 0.15) is 67.3 Å². The van der Waals surface area contributed by atoms with Crippen molar-refractivity contribution in [1.29, 1.82) is 0 Å². The average Bonchev–Trinajstić information content (AvgIpc) is 3.90. The lowest BCUT2D eigenvalue weighted by atomic mass is 10.0. The van der Waals surface area contributed by atoms with Gasteiger partial charge in [-0.05, 0) is 67.0 Å². The molecular formula is C37H52N8O8. The van der Waals surface area contributed by atoms with Gasteiger partial charge in [-0.25, -0.2) is 5.84 Å². The number of hydrogen-bond acceptors (Lipinski definition) is 11. The number of hydrogen-bond donors (Lipinski definition) is 6. The van der Waals surface area contributed by atoms with Crippen LogP contribution >= 0.6 is 0 Å². The summed E-state index contributed by atoms with van der Waals surface area (Å²) in [6.07, 6.45) is 4.76. The van der Waals surface area contributed by atoms with Gasteiger partial charge in [0.25, 0.3) is 5.91 Å². The maximum atomic E-state index is 12.4. The Hall–Kier alpha value is -5.48. The molecule has 2 aromatic carbocycles. The number of nitrogens with zero attached hydrogens (tertiary/aromatic N) is 3. The molecule has 2 unspecified atom stereocenters. The number of fused-ring (bicyclic) bond motifs is 1. The summed E-state index contributed by atoms with van der Waals surface area (Å²) in [6, 6.07) is 11.2. The highest BCUT2D eigenvalue weighted by Gasteiger charge is 2.36. The number of nitrogens with two attached hydrogens (primary N) is 2. The predicted octanol–water partition coefficient (Wildman–Crippen LogP) is 0.228.